The van der Waals surface area contributed by atoms with E-state index < -0.39 is 0 Å². The number of aryl methyl sites for hydroxylation is 1. The molecule has 5 nitrogen and oxygen atoms in total. The molecule has 0 spiro atoms. The molecule has 0 unspecified atom stereocenters. The summed E-state index contributed by atoms with van der Waals surface area (Å²) < 4.78 is 10.8. The zero-order chi connectivity index (χ0) is 14.5. The Kier molecular flexibility index (Phi) is 4.07. The third kappa shape index (κ3) is 3.76. The zero-order valence-electron chi connectivity index (χ0n) is 11.4. The fraction of sp³-hybridized carbons (Fsp3) is 0.133. The smallest absolute Gasteiger partial charge is 0.231 e. The minimum atomic E-state index is 0.386. The van der Waals surface area contributed by atoms with Gasteiger partial charge in [-0.05, 0) is 36.8 Å². The van der Waals surface area contributed by atoms with Crippen molar-refractivity contribution >= 4 is 22.7 Å². The summed E-state index contributed by atoms with van der Waals surface area (Å²) in [5.74, 6) is 1.51. The molecule has 2 aromatic heterocycles. The summed E-state index contributed by atoms with van der Waals surface area (Å²) in [6.07, 6.45) is 3.22. The zero-order valence-corrected chi connectivity index (χ0v) is 12.2. The van der Waals surface area contributed by atoms with Crippen LogP contribution < -0.4 is 4.74 Å². The Morgan fingerprint density at radius 2 is 2.24 bits per heavy atom. The summed E-state index contributed by atoms with van der Waals surface area (Å²) in [6.45, 7) is 2.41. The van der Waals surface area contributed by atoms with Gasteiger partial charge in [0, 0.05) is 0 Å². The average molecular weight is 299 g/mol. The Balaban J connectivity index is 1.60. The highest BCUT2D eigenvalue weighted by molar-refractivity contribution is 7.14. The second-order valence-electron chi connectivity index (χ2n) is 4.36. The highest BCUT2D eigenvalue weighted by atomic mass is 32.1. The van der Waals surface area contributed by atoms with E-state index in [1.807, 2.05) is 43.3 Å². The van der Waals surface area contributed by atoms with Crippen LogP contribution in [0.3, 0.4) is 0 Å². The van der Waals surface area contributed by atoms with Gasteiger partial charge in [-0.2, -0.15) is 0 Å². The minimum absolute atomic E-state index is 0.386. The molecule has 1 aromatic carbocycles. The second kappa shape index (κ2) is 6.32. The van der Waals surface area contributed by atoms with Gasteiger partial charge in [0.1, 0.15) is 18.1 Å². The van der Waals surface area contributed by atoms with E-state index in [2.05, 4.69) is 15.2 Å². The molecule has 2 heterocycles. The Bertz CT molecular complexity index is 735. The molecule has 3 aromatic rings. The Hall–Kier alpha value is -2.47. The third-order valence-corrected chi connectivity index (χ3v) is 3.46. The van der Waals surface area contributed by atoms with Crippen LogP contribution in [-0.4, -0.2) is 16.4 Å². The number of hydrogen-bond acceptors (Lipinski definition) is 6. The lowest BCUT2D eigenvalue weighted by Gasteiger charge is -2.03. The Labute approximate surface area is 125 Å². The van der Waals surface area contributed by atoms with Crippen LogP contribution in [0.2, 0.25) is 0 Å². The van der Waals surface area contributed by atoms with Crippen molar-refractivity contribution in [2.24, 2.45) is 4.99 Å². The normalized spacial score (nSPS) is 11.1. The van der Waals surface area contributed by atoms with Crippen molar-refractivity contribution in [3.8, 4) is 5.75 Å². The van der Waals surface area contributed by atoms with Crippen LogP contribution in [0.25, 0.3) is 0 Å². The number of aromatic nitrogens is 2. The summed E-state index contributed by atoms with van der Waals surface area (Å²) in [4.78, 5) is 4.21. The van der Waals surface area contributed by atoms with Gasteiger partial charge in [-0.15, -0.1) is 10.2 Å². The topological polar surface area (TPSA) is 60.5 Å². The predicted octanol–water partition coefficient (Wildman–Crippen LogP) is 3.77. The number of ether oxygens (including phenoxy) is 1. The third-order valence-electron chi connectivity index (χ3n) is 2.65. The van der Waals surface area contributed by atoms with Crippen LogP contribution in [-0.2, 0) is 6.61 Å². The number of aliphatic imine (C=N–C) groups is 1. The number of hydrogen-bond donors (Lipinski definition) is 0. The molecule has 0 saturated carbocycles. The van der Waals surface area contributed by atoms with Gasteiger partial charge >= 0.3 is 0 Å². The lowest BCUT2D eigenvalue weighted by Crippen LogP contribution is -1.94. The SMILES string of the molecule is Cc1cccc(OCc2nnc(/N=C/c3ccco3)s2)c1. The second-order valence-corrected chi connectivity index (χ2v) is 5.40. The van der Waals surface area contributed by atoms with Gasteiger partial charge in [-0.25, -0.2) is 4.99 Å². The van der Waals surface area contributed by atoms with Crippen LogP contribution in [0, 0.1) is 6.92 Å². The lowest BCUT2D eigenvalue weighted by atomic mass is 10.2. The molecule has 0 saturated heterocycles. The van der Waals surface area contributed by atoms with Crippen molar-refractivity contribution in [2.75, 3.05) is 0 Å². The van der Waals surface area contributed by atoms with Crippen LogP contribution in [0.4, 0.5) is 5.13 Å². The summed E-state index contributed by atoms with van der Waals surface area (Å²) in [5.41, 5.74) is 1.16. The number of rotatable bonds is 5. The van der Waals surface area contributed by atoms with Crippen molar-refractivity contribution < 1.29 is 9.15 Å². The van der Waals surface area contributed by atoms with Gasteiger partial charge in [0.15, 0.2) is 5.01 Å². The molecule has 0 atom stereocenters. The van der Waals surface area contributed by atoms with E-state index in [-0.39, 0.29) is 0 Å². The Morgan fingerprint density at radius 3 is 3.05 bits per heavy atom. The average Bonchev–Trinajstić information content (AvgIpc) is 3.15. The number of benzene rings is 1. The first-order valence-electron chi connectivity index (χ1n) is 6.39. The number of furan rings is 1. The predicted molar refractivity (Wildman–Crippen MR) is 81.4 cm³/mol. The van der Waals surface area contributed by atoms with E-state index in [0.717, 1.165) is 16.3 Å². The van der Waals surface area contributed by atoms with E-state index >= 15 is 0 Å². The summed E-state index contributed by atoms with van der Waals surface area (Å²) in [7, 11) is 0. The summed E-state index contributed by atoms with van der Waals surface area (Å²) >= 11 is 1.39. The molecule has 0 bridgehead atoms. The molecule has 21 heavy (non-hydrogen) atoms. The van der Waals surface area contributed by atoms with Gasteiger partial charge in [0.05, 0.1) is 12.5 Å². The van der Waals surface area contributed by atoms with Crippen LogP contribution in [0.15, 0.2) is 52.1 Å². The van der Waals surface area contributed by atoms with Gasteiger partial charge < -0.3 is 9.15 Å². The van der Waals surface area contributed by atoms with E-state index in [9.17, 15) is 0 Å². The first kappa shape index (κ1) is 13.5. The van der Waals surface area contributed by atoms with Crippen LogP contribution >= 0.6 is 11.3 Å². The quantitative estimate of drug-likeness (QED) is 0.673. The summed E-state index contributed by atoms with van der Waals surface area (Å²) in [6, 6.07) is 11.5. The molecule has 0 aliphatic carbocycles. The maximum atomic E-state index is 5.67. The highest BCUT2D eigenvalue weighted by Crippen LogP contribution is 2.21. The van der Waals surface area contributed by atoms with E-state index in [1.54, 1.807) is 12.5 Å². The molecule has 0 aliphatic heterocycles. The van der Waals surface area contributed by atoms with Crippen LogP contribution in [0.5, 0.6) is 5.75 Å². The first-order valence-corrected chi connectivity index (χ1v) is 7.21. The molecular weight excluding hydrogens is 286 g/mol. The molecule has 0 radical (unpaired) electrons. The molecular formula is C15H13N3O2S. The van der Waals surface area contributed by atoms with Gasteiger partial charge in [-0.1, -0.05) is 23.5 Å². The van der Waals surface area contributed by atoms with E-state index in [1.165, 1.54) is 11.3 Å². The molecule has 0 aliphatic rings. The summed E-state index contributed by atoms with van der Waals surface area (Å²) in [5, 5.41) is 9.41. The lowest BCUT2D eigenvalue weighted by molar-refractivity contribution is 0.304. The monoisotopic (exact) mass is 299 g/mol. The highest BCUT2D eigenvalue weighted by Gasteiger charge is 2.04. The molecule has 3 rings (SSSR count). The van der Waals surface area contributed by atoms with Gasteiger partial charge in [0.25, 0.3) is 0 Å². The van der Waals surface area contributed by atoms with Crippen molar-refractivity contribution in [1.29, 1.82) is 0 Å². The maximum absolute atomic E-state index is 5.67. The van der Waals surface area contributed by atoms with E-state index in [4.69, 9.17) is 9.15 Å². The first-order chi connectivity index (χ1) is 10.3. The number of nitrogens with zero attached hydrogens (tertiary/aromatic N) is 3. The molecule has 0 fully saturated rings. The van der Waals surface area contributed by atoms with Gasteiger partial charge in [-0.3, -0.25) is 0 Å². The van der Waals surface area contributed by atoms with Crippen LogP contribution in [0.1, 0.15) is 16.3 Å². The van der Waals surface area contributed by atoms with E-state index in [0.29, 0.717) is 17.5 Å². The maximum Gasteiger partial charge on any atom is 0.231 e. The van der Waals surface area contributed by atoms with Crippen molar-refractivity contribution in [3.05, 3.63) is 59.0 Å². The van der Waals surface area contributed by atoms with Gasteiger partial charge in [0.2, 0.25) is 5.13 Å². The Morgan fingerprint density at radius 1 is 1.29 bits per heavy atom. The fourth-order valence-electron chi connectivity index (χ4n) is 1.69. The largest absolute Gasteiger partial charge is 0.486 e. The molecule has 0 N–H and O–H groups in total. The fourth-order valence-corrected chi connectivity index (χ4v) is 2.29. The standard InChI is InChI=1S/C15H13N3O2S/c1-11-4-2-5-12(8-11)20-10-14-17-18-15(21-14)16-9-13-6-3-7-19-13/h2-9H,10H2,1H3/b16-9+. The molecule has 106 valence electrons. The minimum Gasteiger partial charge on any atom is -0.486 e. The van der Waals surface area contributed by atoms with Crippen molar-refractivity contribution in [2.45, 2.75) is 13.5 Å². The van der Waals surface area contributed by atoms with Crippen molar-refractivity contribution in [1.82, 2.24) is 10.2 Å². The van der Waals surface area contributed by atoms with Crippen molar-refractivity contribution in [3.63, 3.8) is 0 Å². The molecule has 6 heteroatoms. The molecule has 0 amide bonds.